The zero-order valence-corrected chi connectivity index (χ0v) is 24.3. The lowest BCUT2D eigenvalue weighted by Crippen LogP contribution is -2.30. The molecule has 9 nitrogen and oxygen atoms in total. The number of non-ortho nitro benzene ring substituents is 1. The minimum atomic E-state index is -0.430. The molecule has 1 fully saturated rings. The van der Waals surface area contributed by atoms with Crippen LogP contribution in [0.3, 0.4) is 0 Å². The molecule has 220 valence electrons. The molecule has 5 aromatic rings. The predicted octanol–water partition coefficient (Wildman–Crippen LogP) is 7.32. The number of nitrogens with zero attached hydrogens (tertiary/aromatic N) is 4. The van der Waals surface area contributed by atoms with Crippen molar-refractivity contribution in [2.75, 3.05) is 19.6 Å². The minimum absolute atomic E-state index is 0.0495. The summed E-state index contributed by atoms with van der Waals surface area (Å²) < 4.78 is 0. The number of piperidine rings is 1. The third-order valence-electron chi connectivity index (χ3n) is 8.21. The first-order valence-electron chi connectivity index (χ1n) is 15.0. The van der Waals surface area contributed by atoms with Gasteiger partial charge in [0.25, 0.3) is 5.69 Å². The first-order valence-corrected chi connectivity index (χ1v) is 15.0. The SMILES string of the molecule is CCc1ncc(-c2ccc(N=C(c3ccc(CCCN4CCCCC4)cc3)c3c(O)[nH]c4ccc([N+](=O)[O-])cc34)cc2)[nH]1. The average Bonchev–Trinajstić information content (AvgIpc) is 3.65. The van der Waals surface area contributed by atoms with Gasteiger partial charge in [0.05, 0.1) is 33.8 Å². The third-order valence-corrected chi connectivity index (χ3v) is 8.21. The van der Waals surface area contributed by atoms with Gasteiger partial charge in [-0.2, -0.15) is 0 Å². The van der Waals surface area contributed by atoms with Crippen molar-refractivity contribution in [1.29, 1.82) is 0 Å². The lowest BCUT2D eigenvalue weighted by Gasteiger charge is -2.26. The van der Waals surface area contributed by atoms with Crippen molar-refractivity contribution in [2.24, 2.45) is 4.99 Å². The van der Waals surface area contributed by atoms with Crippen LogP contribution in [0.2, 0.25) is 0 Å². The van der Waals surface area contributed by atoms with Crippen molar-refractivity contribution in [2.45, 2.75) is 45.4 Å². The molecule has 0 amide bonds. The maximum atomic E-state index is 11.6. The van der Waals surface area contributed by atoms with Gasteiger partial charge in [0.2, 0.25) is 0 Å². The quantitative estimate of drug-likeness (QED) is 0.0913. The molecule has 1 aliphatic rings. The summed E-state index contributed by atoms with van der Waals surface area (Å²) in [6, 6.07) is 20.6. The van der Waals surface area contributed by atoms with Gasteiger partial charge < -0.3 is 20.0 Å². The number of aliphatic imine (C=N–C) groups is 1. The molecule has 43 heavy (non-hydrogen) atoms. The van der Waals surface area contributed by atoms with Crippen molar-refractivity contribution in [3.63, 3.8) is 0 Å². The molecule has 9 heteroatoms. The van der Waals surface area contributed by atoms with Crippen LogP contribution in [0.15, 0.2) is 77.9 Å². The number of H-pyrrole nitrogens is 2. The number of nitro groups is 1. The molecule has 6 rings (SSSR count). The molecule has 2 aromatic heterocycles. The Morgan fingerprint density at radius 1 is 1.02 bits per heavy atom. The summed E-state index contributed by atoms with van der Waals surface area (Å²) in [7, 11) is 0. The zero-order chi connectivity index (χ0) is 29.8. The molecule has 0 saturated carbocycles. The predicted molar refractivity (Wildman–Crippen MR) is 170 cm³/mol. The lowest BCUT2D eigenvalue weighted by molar-refractivity contribution is -0.384. The van der Waals surface area contributed by atoms with Gasteiger partial charge in [-0.3, -0.25) is 10.1 Å². The summed E-state index contributed by atoms with van der Waals surface area (Å²) in [5, 5.41) is 23.2. The number of aromatic hydroxyl groups is 1. The number of likely N-dealkylation sites (tertiary alicyclic amines) is 1. The Kier molecular flexibility index (Phi) is 8.33. The van der Waals surface area contributed by atoms with Crippen LogP contribution in [0.5, 0.6) is 5.88 Å². The summed E-state index contributed by atoms with van der Waals surface area (Å²) in [5.41, 5.74) is 6.19. The van der Waals surface area contributed by atoms with Crippen LogP contribution in [-0.4, -0.2) is 55.2 Å². The number of hydrogen-bond acceptors (Lipinski definition) is 6. The Labute approximate surface area is 250 Å². The van der Waals surface area contributed by atoms with Crippen LogP contribution in [0.1, 0.15) is 55.1 Å². The number of fused-ring (bicyclic) bond motifs is 1. The molecule has 0 atom stereocenters. The van der Waals surface area contributed by atoms with Crippen LogP contribution in [0, 0.1) is 10.1 Å². The fourth-order valence-corrected chi connectivity index (χ4v) is 5.84. The van der Waals surface area contributed by atoms with E-state index in [1.807, 2.05) is 42.6 Å². The zero-order valence-electron chi connectivity index (χ0n) is 24.3. The molecule has 0 spiro atoms. The number of benzene rings is 3. The highest BCUT2D eigenvalue weighted by molar-refractivity contribution is 6.22. The second-order valence-electron chi connectivity index (χ2n) is 11.1. The molecule has 0 radical (unpaired) electrons. The number of aromatic amines is 2. The Morgan fingerprint density at radius 2 is 1.79 bits per heavy atom. The van der Waals surface area contributed by atoms with Gasteiger partial charge in [0.15, 0.2) is 5.88 Å². The Bertz CT molecular complexity index is 1750. The molecule has 1 aliphatic heterocycles. The van der Waals surface area contributed by atoms with E-state index in [2.05, 4.69) is 38.9 Å². The average molecular weight is 577 g/mol. The third kappa shape index (κ3) is 6.36. The van der Waals surface area contributed by atoms with E-state index < -0.39 is 4.92 Å². The minimum Gasteiger partial charge on any atom is -0.494 e. The smallest absolute Gasteiger partial charge is 0.270 e. The molecule has 0 unspecified atom stereocenters. The van der Waals surface area contributed by atoms with Gasteiger partial charge >= 0.3 is 0 Å². The fourth-order valence-electron chi connectivity index (χ4n) is 5.84. The van der Waals surface area contributed by atoms with E-state index >= 15 is 0 Å². The largest absolute Gasteiger partial charge is 0.494 e. The van der Waals surface area contributed by atoms with E-state index in [1.54, 1.807) is 6.07 Å². The molecule has 3 N–H and O–H groups in total. The monoisotopic (exact) mass is 576 g/mol. The summed E-state index contributed by atoms with van der Waals surface area (Å²) >= 11 is 0. The fraction of sp³-hybridized carbons (Fsp3) is 0.294. The van der Waals surface area contributed by atoms with Gasteiger partial charge in [0.1, 0.15) is 5.82 Å². The van der Waals surface area contributed by atoms with Crippen LogP contribution in [-0.2, 0) is 12.8 Å². The molecule has 3 heterocycles. The van der Waals surface area contributed by atoms with Crippen molar-refractivity contribution in [3.05, 3.63) is 106 Å². The van der Waals surface area contributed by atoms with Gasteiger partial charge in [-0.15, -0.1) is 0 Å². The van der Waals surface area contributed by atoms with Gasteiger partial charge in [-0.25, -0.2) is 9.98 Å². The standard InChI is InChI=1S/C34H36N6O3/c1-2-31-35-22-30(37-31)24-12-14-26(15-13-24)36-33(32-28-21-27(40(42)43)16-17-29(28)38-34(32)41)25-10-8-23(9-11-25)7-6-20-39-18-4-3-5-19-39/h8-17,21-22,38,41H,2-7,18-20H2,1H3,(H,35,37). The molecule has 0 bridgehead atoms. The van der Waals surface area contributed by atoms with Crippen LogP contribution >= 0.6 is 0 Å². The maximum Gasteiger partial charge on any atom is 0.270 e. The maximum absolute atomic E-state index is 11.6. The Balaban J connectivity index is 1.34. The van der Waals surface area contributed by atoms with E-state index in [0.29, 0.717) is 27.9 Å². The molecule has 1 saturated heterocycles. The Hall–Kier alpha value is -4.76. The number of nitro benzene ring substituents is 1. The van der Waals surface area contributed by atoms with Gasteiger partial charge in [-0.1, -0.05) is 49.7 Å². The van der Waals surface area contributed by atoms with Crippen molar-refractivity contribution in [1.82, 2.24) is 19.9 Å². The molecular weight excluding hydrogens is 540 g/mol. The highest BCUT2D eigenvalue weighted by Gasteiger charge is 2.21. The number of hydrogen-bond donors (Lipinski definition) is 3. The first-order chi connectivity index (χ1) is 21.0. The van der Waals surface area contributed by atoms with Crippen molar-refractivity contribution < 1.29 is 10.0 Å². The highest BCUT2D eigenvalue weighted by Crippen LogP contribution is 2.34. The van der Waals surface area contributed by atoms with Crippen LogP contribution < -0.4 is 0 Å². The number of imidazole rings is 1. The second-order valence-corrected chi connectivity index (χ2v) is 11.1. The van der Waals surface area contributed by atoms with Gasteiger partial charge in [-0.05, 0) is 74.6 Å². The van der Waals surface area contributed by atoms with Gasteiger partial charge in [0, 0.05) is 35.0 Å². The highest BCUT2D eigenvalue weighted by atomic mass is 16.6. The molecule has 3 aromatic carbocycles. The summed E-state index contributed by atoms with van der Waals surface area (Å²) in [6.07, 6.45) is 8.69. The van der Waals surface area contributed by atoms with E-state index in [1.165, 1.54) is 50.0 Å². The van der Waals surface area contributed by atoms with E-state index in [0.717, 1.165) is 48.5 Å². The Morgan fingerprint density at radius 3 is 2.49 bits per heavy atom. The lowest BCUT2D eigenvalue weighted by atomic mass is 9.98. The normalized spacial score (nSPS) is 14.4. The summed E-state index contributed by atoms with van der Waals surface area (Å²) in [6.45, 7) is 5.57. The number of nitrogens with one attached hydrogen (secondary N) is 2. The summed E-state index contributed by atoms with van der Waals surface area (Å²) in [4.78, 5) is 29.4. The van der Waals surface area contributed by atoms with E-state index in [-0.39, 0.29) is 11.6 Å². The van der Waals surface area contributed by atoms with E-state index in [9.17, 15) is 15.2 Å². The van der Waals surface area contributed by atoms with Crippen molar-refractivity contribution in [3.8, 4) is 17.1 Å². The van der Waals surface area contributed by atoms with Crippen molar-refractivity contribution >= 4 is 28.0 Å². The molecular formula is C34H36N6O3. The second kappa shape index (κ2) is 12.6. The van der Waals surface area contributed by atoms with E-state index in [4.69, 9.17) is 4.99 Å². The first kappa shape index (κ1) is 28.4. The van der Waals surface area contributed by atoms with Crippen LogP contribution in [0.25, 0.3) is 22.2 Å². The molecule has 0 aliphatic carbocycles. The number of rotatable bonds is 10. The summed E-state index contributed by atoms with van der Waals surface area (Å²) in [5.74, 6) is 0.847. The number of aryl methyl sites for hydroxylation is 2. The number of aromatic nitrogens is 3. The topological polar surface area (TPSA) is 123 Å². The van der Waals surface area contributed by atoms with Crippen LogP contribution in [0.4, 0.5) is 11.4 Å².